The highest BCUT2D eigenvalue weighted by Crippen LogP contribution is 2.43. The number of benzene rings is 1. The van der Waals surface area contributed by atoms with Crippen molar-refractivity contribution in [2.75, 3.05) is 6.61 Å². The molecule has 0 radical (unpaired) electrons. The van der Waals surface area contributed by atoms with E-state index in [0.29, 0.717) is 22.1 Å². The van der Waals surface area contributed by atoms with Gasteiger partial charge in [0.05, 0.1) is 18.8 Å². The summed E-state index contributed by atoms with van der Waals surface area (Å²) in [6.07, 6.45) is 1.49. The molecule has 0 amide bonds. The van der Waals surface area contributed by atoms with Gasteiger partial charge < -0.3 is 13.9 Å². The Morgan fingerprint density at radius 3 is 2.86 bits per heavy atom. The Bertz CT molecular complexity index is 707. The second-order valence-electron chi connectivity index (χ2n) is 4.83. The van der Waals surface area contributed by atoms with Crippen LogP contribution in [0, 0.1) is 5.92 Å². The molecule has 3 rings (SSSR count). The maximum absolute atomic E-state index is 12.3. The molecule has 1 aromatic carbocycles. The summed E-state index contributed by atoms with van der Waals surface area (Å²) in [5.41, 5.74) is 0.625. The quantitative estimate of drug-likeness (QED) is 0.494. The lowest BCUT2D eigenvalue weighted by atomic mass is 9.81. The average Bonchev–Trinajstić information content (AvgIpc) is 3.00. The molecular formula is C16H13ClO5. The number of hydrogen-bond donors (Lipinski definition) is 0. The SMILES string of the molecule is CCOC(=O)[C@H]1C(=O)Oc2ccc(Cl)cc2[C@@H]1c1ccco1. The van der Waals surface area contributed by atoms with E-state index in [2.05, 4.69) is 0 Å². The Morgan fingerprint density at radius 1 is 1.36 bits per heavy atom. The van der Waals surface area contributed by atoms with E-state index in [0.717, 1.165) is 0 Å². The van der Waals surface area contributed by atoms with Crippen LogP contribution in [0.4, 0.5) is 0 Å². The zero-order valence-electron chi connectivity index (χ0n) is 11.7. The molecule has 1 aliphatic rings. The van der Waals surface area contributed by atoms with E-state index in [4.69, 9.17) is 25.5 Å². The maximum atomic E-state index is 12.3. The monoisotopic (exact) mass is 320 g/mol. The van der Waals surface area contributed by atoms with Crippen LogP contribution in [0.15, 0.2) is 41.0 Å². The zero-order chi connectivity index (χ0) is 15.7. The molecule has 1 aromatic heterocycles. The first-order valence-corrected chi connectivity index (χ1v) is 7.20. The highest BCUT2D eigenvalue weighted by atomic mass is 35.5. The number of hydrogen-bond acceptors (Lipinski definition) is 5. The molecule has 0 spiro atoms. The topological polar surface area (TPSA) is 65.7 Å². The zero-order valence-corrected chi connectivity index (χ0v) is 12.5. The second-order valence-corrected chi connectivity index (χ2v) is 5.26. The summed E-state index contributed by atoms with van der Waals surface area (Å²) in [6, 6.07) is 8.30. The van der Waals surface area contributed by atoms with Gasteiger partial charge in [-0.05, 0) is 37.3 Å². The van der Waals surface area contributed by atoms with E-state index in [1.807, 2.05) is 0 Å². The number of halogens is 1. The molecule has 6 heteroatoms. The van der Waals surface area contributed by atoms with Crippen LogP contribution >= 0.6 is 11.6 Å². The lowest BCUT2D eigenvalue weighted by Gasteiger charge is -2.29. The Hall–Kier alpha value is -2.27. The summed E-state index contributed by atoms with van der Waals surface area (Å²) in [4.78, 5) is 24.5. The molecule has 0 unspecified atom stereocenters. The number of esters is 2. The highest BCUT2D eigenvalue weighted by Gasteiger charge is 2.46. The van der Waals surface area contributed by atoms with E-state index >= 15 is 0 Å². The molecular weight excluding hydrogens is 308 g/mol. The lowest BCUT2D eigenvalue weighted by molar-refractivity contribution is -0.159. The summed E-state index contributed by atoms with van der Waals surface area (Å²) in [7, 11) is 0. The van der Waals surface area contributed by atoms with Crippen molar-refractivity contribution in [2.24, 2.45) is 5.92 Å². The van der Waals surface area contributed by atoms with Crippen molar-refractivity contribution in [1.29, 1.82) is 0 Å². The number of carbonyl (C=O) groups is 2. The summed E-state index contributed by atoms with van der Waals surface area (Å²) in [5.74, 6) is -2.18. The molecule has 0 N–H and O–H groups in total. The van der Waals surface area contributed by atoms with Gasteiger partial charge in [-0.3, -0.25) is 9.59 Å². The summed E-state index contributed by atoms with van der Waals surface area (Å²) in [6.45, 7) is 1.86. The molecule has 2 heterocycles. The lowest BCUT2D eigenvalue weighted by Crippen LogP contribution is -2.38. The predicted octanol–water partition coefficient (Wildman–Crippen LogP) is 3.16. The van der Waals surface area contributed by atoms with Crippen LogP contribution in [0.3, 0.4) is 0 Å². The van der Waals surface area contributed by atoms with Gasteiger partial charge in [0.2, 0.25) is 0 Å². The summed E-state index contributed by atoms with van der Waals surface area (Å²) >= 11 is 6.04. The largest absolute Gasteiger partial charge is 0.469 e. The van der Waals surface area contributed by atoms with E-state index in [-0.39, 0.29) is 6.61 Å². The van der Waals surface area contributed by atoms with Gasteiger partial charge in [-0.1, -0.05) is 11.6 Å². The Morgan fingerprint density at radius 2 is 2.18 bits per heavy atom. The minimum atomic E-state index is -1.11. The van der Waals surface area contributed by atoms with Crippen molar-refractivity contribution in [2.45, 2.75) is 12.8 Å². The molecule has 0 saturated heterocycles. The first kappa shape index (κ1) is 14.7. The molecule has 2 atom stereocenters. The van der Waals surface area contributed by atoms with Crippen molar-refractivity contribution in [3.8, 4) is 5.75 Å². The minimum absolute atomic E-state index is 0.176. The summed E-state index contributed by atoms with van der Waals surface area (Å²) in [5, 5.41) is 0.482. The molecule has 1 aliphatic heterocycles. The van der Waals surface area contributed by atoms with Crippen molar-refractivity contribution in [3.05, 3.63) is 52.9 Å². The summed E-state index contributed by atoms with van der Waals surface area (Å²) < 4.78 is 15.7. The van der Waals surface area contributed by atoms with Gasteiger partial charge in [-0.2, -0.15) is 0 Å². The van der Waals surface area contributed by atoms with Crippen molar-refractivity contribution < 1.29 is 23.5 Å². The number of ether oxygens (including phenoxy) is 2. The van der Waals surface area contributed by atoms with Crippen LogP contribution < -0.4 is 4.74 Å². The van der Waals surface area contributed by atoms with Gasteiger partial charge in [0.15, 0.2) is 5.92 Å². The van der Waals surface area contributed by atoms with Gasteiger partial charge in [0.25, 0.3) is 0 Å². The third-order valence-corrected chi connectivity index (χ3v) is 3.73. The van der Waals surface area contributed by atoms with Crippen LogP contribution in [0.2, 0.25) is 5.02 Å². The predicted molar refractivity (Wildman–Crippen MR) is 77.8 cm³/mol. The van der Waals surface area contributed by atoms with Crippen LogP contribution in [-0.4, -0.2) is 18.5 Å². The van der Waals surface area contributed by atoms with E-state index in [9.17, 15) is 9.59 Å². The average molecular weight is 321 g/mol. The number of furan rings is 1. The maximum Gasteiger partial charge on any atom is 0.326 e. The fourth-order valence-electron chi connectivity index (χ4n) is 2.59. The normalized spacial score (nSPS) is 20.2. The van der Waals surface area contributed by atoms with Gasteiger partial charge in [-0.15, -0.1) is 0 Å². The first-order chi connectivity index (χ1) is 10.6. The van der Waals surface area contributed by atoms with Gasteiger partial charge in [0.1, 0.15) is 11.5 Å². The second kappa shape index (κ2) is 5.85. The first-order valence-electron chi connectivity index (χ1n) is 6.83. The fraction of sp³-hybridized carbons (Fsp3) is 0.250. The van der Waals surface area contributed by atoms with Crippen LogP contribution in [0.5, 0.6) is 5.75 Å². The van der Waals surface area contributed by atoms with Gasteiger partial charge >= 0.3 is 11.9 Å². The molecule has 0 bridgehead atoms. The number of fused-ring (bicyclic) bond motifs is 1. The minimum Gasteiger partial charge on any atom is -0.469 e. The van der Waals surface area contributed by atoms with E-state index in [1.165, 1.54) is 6.26 Å². The Kier molecular flexibility index (Phi) is 3.90. The molecule has 0 saturated carbocycles. The van der Waals surface area contributed by atoms with Crippen molar-refractivity contribution >= 4 is 23.5 Å². The van der Waals surface area contributed by atoms with Crippen molar-refractivity contribution in [1.82, 2.24) is 0 Å². The fourth-order valence-corrected chi connectivity index (χ4v) is 2.77. The number of carbonyl (C=O) groups excluding carboxylic acids is 2. The third-order valence-electron chi connectivity index (χ3n) is 3.49. The van der Waals surface area contributed by atoms with Crippen LogP contribution in [0.1, 0.15) is 24.2 Å². The van der Waals surface area contributed by atoms with E-state index in [1.54, 1.807) is 37.3 Å². The Balaban J connectivity index is 2.14. The molecule has 5 nitrogen and oxygen atoms in total. The smallest absolute Gasteiger partial charge is 0.326 e. The van der Waals surface area contributed by atoms with Crippen LogP contribution in [0.25, 0.3) is 0 Å². The molecule has 114 valence electrons. The van der Waals surface area contributed by atoms with Gasteiger partial charge in [0, 0.05) is 10.6 Å². The molecule has 0 fully saturated rings. The molecule has 0 aliphatic carbocycles. The number of rotatable bonds is 3. The Labute approximate surface area is 131 Å². The molecule has 22 heavy (non-hydrogen) atoms. The highest BCUT2D eigenvalue weighted by molar-refractivity contribution is 6.30. The van der Waals surface area contributed by atoms with Crippen LogP contribution in [-0.2, 0) is 14.3 Å². The molecule has 2 aromatic rings. The van der Waals surface area contributed by atoms with Crippen molar-refractivity contribution in [3.63, 3.8) is 0 Å². The van der Waals surface area contributed by atoms with Gasteiger partial charge in [-0.25, -0.2) is 0 Å². The standard InChI is InChI=1S/C16H13ClO5/c1-2-20-15(18)14-13(12-4-3-7-21-12)10-8-9(17)5-6-11(10)22-16(14)19/h3-8,13-14H,2H2,1H3/t13-,14+/m1/s1. The third kappa shape index (κ3) is 2.48. The van der Waals surface area contributed by atoms with E-state index < -0.39 is 23.8 Å².